The van der Waals surface area contributed by atoms with Crippen molar-refractivity contribution in [3.8, 4) is 5.69 Å². The minimum atomic E-state index is -0.117. The van der Waals surface area contributed by atoms with Gasteiger partial charge in [-0.2, -0.15) is 15.0 Å². The van der Waals surface area contributed by atoms with Crippen LogP contribution in [0.4, 0.5) is 0 Å². The molecule has 0 aliphatic carbocycles. The average molecular weight is 358 g/mol. The molecule has 0 radical (unpaired) electrons. The van der Waals surface area contributed by atoms with Crippen molar-refractivity contribution >= 4 is 29.9 Å². The molecule has 1 aromatic heterocycles. The van der Waals surface area contributed by atoms with Crippen LogP contribution in [0.1, 0.15) is 17.3 Å². The molecule has 2 aromatic rings. The van der Waals surface area contributed by atoms with Gasteiger partial charge in [0.2, 0.25) is 0 Å². The fourth-order valence-electron chi connectivity index (χ4n) is 2.37. The van der Waals surface area contributed by atoms with Crippen LogP contribution in [0.15, 0.2) is 30.6 Å². The molecule has 1 aromatic carbocycles. The van der Waals surface area contributed by atoms with E-state index in [1.165, 1.54) is 4.80 Å². The first-order chi connectivity index (χ1) is 10.6. The van der Waals surface area contributed by atoms with Gasteiger partial charge in [0, 0.05) is 24.7 Å². The van der Waals surface area contributed by atoms with E-state index in [0.29, 0.717) is 35.9 Å². The number of halogens is 2. The van der Waals surface area contributed by atoms with E-state index in [-0.39, 0.29) is 24.4 Å². The first-order valence-electron chi connectivity index (χ1n) is 6.99. The second kappa shape index (κ2) is 7.74. The number of carbonyl (C=O) groups excluding carboxylic acids is 1. The molecule has 1 aliphatic rings. The summed E-state index contributed by atoms with van der Waals surface area (Å²) in [5.41, 5.74) is 3.91. The van der Waals surface area contributed by atoms with Gasteiger partial charge in [0.15, 0.2) is 0 Å². The quantitative estimate of drug-likeness (QED) is 0.885. The lowest BCUT2D eigenvalue weighted by atomic mass is 10.1. The fourth-order valence-corrected chi connectivity index (χ4v) is 2.54. The molecule has 9 heteroatoms. The normalized spacial score (nSPS) is 18.2. The highest BCUT2D eigenvalue weighted by Gasteiger charge is 2.24. The van der Waals surface area contributed by atoms with Gasteiger partial charge in [-0.15, -0.1) is 12.4 Å². The molecule has 7 nitrogen and oxygen atoms in total. The van der Waals surface area contributed by atoms with Crippen LogP contribution in [0.25, 0.3) is 5.69 Å². The minimum Gasteiger partial charge on any atom is -0.335 e. The van der Waals surface area contributed by atoms with Crippen LogP contribution in [-0.2, 0) is 4.84 Å². The lowest BCUT2D eigenvalue weighted by Crippen LogP contribution is -2.37. The summed E-state index contributed by atoms with van der Waals surface area (Å²) in [5.74, 6) is -0.117. The zero-order valence-electron chi connectivity index (χ0n) is 12.5. The molecule has 1 N–H and O–H groups in total. The van der Waals surface area contributed by atoms with Crippen LogP contribution >= 0.6 is 24.0 Å². The van der Waals surface area contributed by atoms with Crippen molar-refractivity contribution in [2.24, 2.45) is 0 Å². The number of carbonyl (C=O) groups is 1. The van der Waals surface area contributed by atoms with E-state index in [0.717, 1.165) is 0 Å². The van der Waals surface area contributed by atoms with E-state index < -0.39 is 0 Å². The van der Waals surface area contributed by atoms with Gasteiger partial charge in [0.25, 0.3) is 5.91 Å². The van der Waals surface area contributed by atoms with Gasteiger partial charge in [0.05, 0.1) is 29.7 Å². The molecular formula is C14H17Cl2N5O2. The van der Waals surface area contributed by atoms with Crippen molar-refractivity contribution in [3.63, 3.8) is 0 Å². The summed E-state index contributed by atoms with van der Waals surface area (Å²) < 4.78 is 0. The summed E-state index contributed by atoms with van der Waals surface area (Å²) in [6, 6.07) is 5.10. The van der Waals surface area contributed by atoms with Gasteiger partial charge < -0.3 is 4.90 Å². The Kier molecular flexibility index (Phi) is 5.95. The third-order valence-corrected chi connectivity index (χ3v) is 3.59. The highest BCUT2D eigenvalue weighted by atomic mass is 35.5. The summed E-state index contributed by atoms with van der Waals surface area (Å²) >= 11 is 6.06. The highest BCUT2D eigenvalue weighted by molar-refractivity contribution is 6.31. The van der Waals surface area contributed by atoms with Gasteiger partial charge in [0.1, 0.15) is 0 Å². The minimum absolute atomic E-state index is 0. The van der Waals surface area contributed by atoms with Crippen molar-refractivity contribution in [3.05, 3.63) is 41.2 Å². The van der Waals surface area contributed by atoms with Gasteiger partial charge in [-0.1, -0.05) is 11.6 Å². The standard InChI is InChI=1S/C14H16ClN5O2.ClH/c1-10-9-19(7-6-18-22-10)14(21)12-8-11(15)2-3-13(12)20-16-4-5-17-20;/h2-5,8,10,18H,6-7,9H2,1H3;1H/t10-;/m0./s1. The van der Waals surface area contributed by atoms with E-state index in [9.17, 15) is 4.79 Å². The number of rotatable bonds is 2. The molecule has 1 atom stereocenters. The Hall–Kier alpha value is -1.67. The Morgan fingerprint density at radius 2 is 2.13 bits per heavy atom. The van der Waals surface area contributed by atoms with Crippen LogP contribution in [0.5, 0.6) is 0 Å². The van der Waals surface area contributed by atoms with Gasteiger partial charge in [-0.25, -0.2) is 5.48 Å². The molecule has 1 fully saturated rings. The lowest BCUT2D eigenvalue weighted by Gasteiger charge is -2.22. The second-order valence-corrected chi connectivity index (χ2v) is 5.49. The first kappa shape index (κ1) is 17.7. The van der Waals surface area contributed by atoms with Crippen LogP contribution in [-0.4, -0.2) is 51.5 Å². The zero-order chi connectivity index (χ0) is 15.5. The molecule has 3 rings (SSSR count). The summed E-state index contributed by atoms with van der Waals surface area (Å²) in [7, 11) is 0. The average Bonchev–Trinajstić information content (AvgIpc) is 2.95. The Morgan fingerprint density at radius 3 is 2.87 bits per heavy atom. The number of nitrogens with one attached hydrogen (secondary N) is 1. The van der Waals surface area contributed by atoms with E-state index >= 15 is 0 Å². The lowest BCUT2D eigenvalue weighted by molar-refractivity contribution is -0.00474. The van der Waals surface area contributed by atoms with E-state index in [1.54, 1.807) is 35.5 Å². The largest absolute Gasteiger partial charge is 0.335 e. The van der Waals surface area contributed by atoms with Crippen molar-refractivity contribution < 1.29 is 9.63 Å². The molecule has 1 amide bonds. The number of aromatic nitrogens is 3. The fraction of sp³-hybridized carbons (Fsp3) is 0.357. The predicted octanol–water partition coefficient (Wildman–Crippen LogP) is 1.71. The monoisotopic (exact) mass is 357 g/mol. The van der Waals surface area contributed by atoms with Crippen molar-refractivity contribution in [2.45, 2.75) is 13.0 Å². The van der Waals surface area contributed by atoms with Crippen molar-refractivity contribution in [2.75, 3.05) is 19.6 Å². The maximum Gasteiger partial charge on any atom is 0.256 e. The summed E-state index contributed by atoms with van der Waals surface area (Å²) in [4.78, 5) is 21.4. The molecule has 0 saturated carbocycles. The van der Waals surface area contributed by atoms with Crippen LogP contribution in [0.3, 0.4) is 0 Å². The Bertz CT molecular complexity index is 665. The Labute approximate surface area is 144 Å². The van der Waals surface area contributed by atoms with Crippen LogP contribution < -0.4 is 5.48 Å². The topological polar surface area (TPSA) is 72.3 Å². The van der Waals surface area contributed by atoms with Crippen molar-refractivity contribution in [1.82, 2.24) is 25.4 Å². The summed E-state index contributed by atoms with van der Waals surface area (Å²) in [6.07, 6.45) is 3.04. The third kappa shape index (κ3) is 4.00. The third-order valence-electron chi connectivity index (χ3n) is 3.36. The molecule has 0 unspecified atom stereocenters. The predicted molar refractivity (Wildman–Crippen MR) is 88.1 cm³/mol. The van der Waals surface area contributed by atoms with Crippen LogP contribution in [0, 0.1) is 0 Å². The Morgan fingerprint density at radius 1 is 1.39 bits per heavy atom. The maximum absolute atomic E-state index is 12.9. The van der Waals surface area contributed by atoms with E-state index in [2.05, 4.69) is 15.7 Å². The van der Waals surface area contributed by atoms with Crippen molar-refractivity contribution in [1.29, 1.82) is 0 Å². The first-order valence-corrected chi connectivity index (χ1v) is 7.37. The number of hydrogen-bond donors (Lipinski definition) is 1. The zero-order valence-corrected chi connectivity index (χ0v) is 14.0. The van der Waals surface area contributed by atoms with E-state index in [1.807, 2.05) is 6.92 Å². The van der Waals surface area contributed by atoms with Gasteiger partial charge in [-0.05, 0) is 25.1 Å². The number of amides is 1. The molecule has 1 aliphatic heterocycles. The number of benzene rings is 1. The molecule has 23 heavy (non-hydrogen) atoms. The SMILES string of the molecule is C[C@H]1CN(C(=O)c2cc(Cl)ccc2-n2nccn2)CCNO1.Cl. The summed E-state index contributed by atoms with van der Waals surface area (Å²) in [5, 5.41) is 8.68. The Balaban J connectivity index is 0.00000192. The number of hydroxylamine groups is 1. The highest BCUT2D eigenvalue weighted by Crippen LogP contribution is 2.21. The van der Waals surface area contributed by atoms with Gasteiger partial charge >= 0.3 is 0 Å². The maximum atomic E-state index is 12.9. The molecule has 124 valence electrons. The number of hydrogen-bond acceptors (Lipinski definition) is 5. The second-order valence-electron chi connectivity index (χ2n) is 5.05. The van der Waals surface area contributed by atoms with Crippen LogP contribution in [0.2, 0.25) is 5.02 Å². The van der Waals surface area contributed by atoms with E-state index in [4.69, 9.17) is 16.4 Å². The molecule has 1 saturated heterocycles. The molecule has 0 spiro atoms. The molecular weight excluding hydrogens is 341 g/mol. The number of nitrogens with zero attached hydrogens (tertiary/aromatic N) is 4. The molecule has 2 heterocycles. The summed E-state index contributed by atoms with van der Waals surface area (Å²) in [6.45, 7) is 3.55. The molecule has 0 bridgehead atoms. The smallest absolute Gasteiger partial charge is 0.256 e. The van der Waals surface area contributed by atoms with Gasteiger partial charge in [-0.3, -0.25) is 9.63 Å².